The Morgan fingerprint density at radius 2 is 2.39 bits per heavy atom. The third-order valence-electron chi connectivity index (χ3n) is 3.45. The lowest BCUT2D eigenvalue weighted by Crippen LogP contribution is -2.26. The van der Waals surface area contributed by atoms with Crippen LogP contribution in [-0.4, -0.2) is 28.6 Å². The minimum atomic E-state index is -0.909. The molecule has 1 aliphatic rings. The lowest BCUT2D eigenvalue weighted by Gasteiger charge is -2.21. The van der Waals surface area contributed by atoms with E-state index in [0.717, 1.165) is 18.7 Å². The molecule has 3 heteroatoms. The van der Waals surface area contributed by atoms with Crippen LogP contribution in [0.4, 0.5) is 0 Å². The van der Waals surface area contributed by atoms with Crippen LogP contribution in [0.3, 0.4) is 0 Å². The largest absolute Gasteiger partial charge is 0.478 e. The van der Waals surface area contributed by atoms with Crippen molar-refractivity contribution in [2.75, 3.05) is 6.54 Å². The average Bonchev–Trinajstić information content (AvgIpc) is 2.73. The Bertz CT molecular complexity index is 454. The first-order valence-corrected chi connectivity index (χ1v) is 6.39. The Labute approximate surface area is 108 Å². The summed E-state index contributed by atoms with van der Waals surface area (Å²) < 4.78 is 0. The summed E-state index contributed by atoms with van der Waals surface area (Å²) in [5.41, 5.74) is 2.19. The first kappa shape index (κ1) is 12.8. The lowest BCUT2D eigenvalue weighted by molar-refractivity contribution is -0.131. The van der Waals surface area contributed by atoms with Crippen molar-refractivity contribution in [1.29, 1.82) is 0 Å². The molecule has 1 aromatic rings. The molecule has 0 spiro atoms. The Morgan fingerprint density at radius 1 is 1.56 bits per heavy atom. The second kappa shape index (κ2) is 5.83. The minimum absolute atomic E-state index is 0.656. The van der Waals surface area contributed by atoms with E-state index in [4.69, 9.17) is 5.11 Å². The van der Waals surface area contributed by atoms with Crippen LogP contribution in [0.2, 0.25) is 0 Å². The molecule has 1 fully saturated rings. The number of carbonyl (C=O) groups is 1. The number of likely N-dealkylation sites (tertiary alicyclic amines) is 1. The molecule has 0 radical (unpaired) electrons. The number of benzene rings is 1. The quantitative estimate of drug-likeness (QED) is 0.829. The van der Waals surface area contributed by atoms with Crippen molar-refractivity contribution in [1.82, 2.24) is 4.90 Å². The van der Waals surface area contributed by atoms with Gasteiger partial charge in [-0.2, -0.15) is 0 Å². The van der Waals surface area contributed by atoms with E-state index < -0.39 is 5.97 Å². The molecule has 18 heavy (non-hydrogen) atoms. The van der Waals surface area contributed by atoms with Gasteiger partial charge in [-0.3, -0.25) is 4.90 Å². The number of nitrogens with zero attached hydrogens (tertiary/aromatic N) is 1. The molecular formula is C15H19NO2. The second-order valence-corrected chi connectivity index (χ2v) is 4.88. The zero-order chi connectivity index (χ0) is 13.0. The topological polar surface area (TPSA) is 40.5 Å². The third-order valence-corrected chi connectivity index (χ3v) is 3.45. The van der Waals surface area contributed by atoms with E-state index in [9.17, 15) is 4.79 Å². The minimum Gasteiger partial charge on any atom is -0.478 e. The highest BCUT2D eigenvalue weighted by atomic mass is 16.4. The van der Waals surface area contributed by atoms with E-state index in [-0.39, 0.29) is 0 Å². The van der Waals surface area contributed by atoms with Gasteiger partial charge in [-0.25, -0.2) is 4.79 Å². The molecule has 1 saturated heterocycles. The highest BCUT2D eigenvalue weighted by molar-refractivity contribution is 5.85. The van der Waals surface area contributed by atoms with Gasteiger partial charge in [0.15, 0.2) is 0 Å². The van der Waals surface area contributed by atoms with Gasteiger partial charge in [0.1, 0.15) is 0 Å². The van der Waals surface area contributed by atoms with Crippen LogP contribution in [0.25, 0.3) is 6.08 Å². The number of carboxylic acids is 1. The number of hydrogen-bond acceptors (Lipinski definition) is 2. The van der Waals surface area contributed by atoms with E-state index >= 15 is 0 Å². The summed E-state index contributed by atoms with van der Waals surface area (Å²) >= 11 is 0. The normalized spacial score (nSPS) is 20.6. The molecule has 0 aromatic heterocycles. The SMILES string of the molecule is CC1CCCN1Cc1cccc(/C=C/C(=O)O)c1. The molecule has 0 saturated carbocycles. The molecule has 3 nitrogen and oxygen atoms in total. The highest BCUT2D eigenvalue weighted by Crippen LogP contribution is 2.20. The molecule has 2 rings (SSSR count). The maximum Gasteiger partial charge on any atom is 0.328 e. The van der Waals surface area contributed by atoms with Crippen LogP contribution in [0.5, 0.6) is 0 Å². The summed E-state index contributed by atoms with van der Waals surface area (Å²) in [5.74, 6) is -0.909. The second-order valence-electron chi connectivity index (χ2n) is 4.88. The molecule has 96 valence electrons. The molecular weight excluding hydrogens is 226 g/mol. The van der Waals surface area contributed by atoms with Gasteiger partial charge in [-0.15, -0.1) is 0 Å². The molecule has 0 amide bonds. The van der Waals surface area contributed by atoms with Crippen molar-refractivity contribution in [3.05, 3.63) is 41.5 Å². The Kier molecular flexibility index (Phi) is 4.15. The maximum atomic E-state index is 10.5. The van der Waals surface area contributed by atoms with Crippen LogP contribution in [-0.2, 0) is 11.3 Å². The smallest absolute Gasteiger partial charge is 0.328 e. The third kappa shape index (κ3) is 3.44. The van der Waals surface area contributed by atoms with E-state index in [1.165, 1.54) is 24.5 Å². The molecule has 1 atom stereocenters. The Balaban J connectivity index is 2.05. The van der Waals surface area contributed by atoms with Gasteiger partial charge in [-0.1, -0.05) is 24.3 Å². The van der Waals surface area contributed by atoms with Gasteiger partial charge >= 0.3 is 5.97 Å². The van der Waals surface area contributed by atoms with E-state index in [1.807, 2.05) is 12.1 Å². The molecule has 0 aliphatic carbocycles. The number of aliphatic carboxylic acids is 1. The Hall–Kier alpha value is -1.61. The predicted octanol–water partition coefficient (Wildman–Crippen LogP) is 2.77. The van der Waals surface area contributed by atoms with Crippen molar-refractivity contribution >= 4 is 12.0 Å². The van der Waals surface area contributed by atoms with E-state index in [0.29, 0.717) is 6.04 Å². The van der Waals surface area contributed by atoms with Gasteiger partial charge in [0.2, 0.25) is 0 Å². The van der Waals surface area contributed by atoms with Crippen LogP contribution < -0.4 is 0 Å². The van der Waals surface area contributed by atoms with E-state index in [2.05, 4.69) is 24.0 Å². The molecule has 0 bridgehead atoms. The summed E-state index contributed by atoms with van der Waals surface area (Å²) in [6, 6.07) is 8.73. The molecule has 1 unspecified atom stereocenters. The van der Waals surface area contributed by atoms with Gasteiger partial charge in [0, 0.05) is 18.7 Å². The van der Waals surface area contributed by atoms with Crippen LogP contribution in [0.1, 0.15) is 30.9 Å². The first-order valence-electron chi connectivity index (χ1n) is 6.39. The summed E-state index contributed by atoms with van der Waals surface area (Å²) in [6.45, 7) is 4.38. The molecule has 1 N–H and O–H groups in total. The summed E-state index contributed by atoms with van der Waals surface area (Å²) in [6.07, 6.45) is 5.37. The zero-order valence-corrected chi connectivity index (χ0v) is 10.7. The first-order chi connectivity index (χ1) is 8.65. The number of rotatable bonds is 4. The molecule has 1 aliphatic heterocycles. The highest BCUT2D eigenvalue weighted by Gasteiger charge is 2.19. The summed E-state index contributed by atoms with van der Waals surface area (Å²) in [4.78, 5) is 13.0. The van der Waals surface area contributed by atoms with Crippen LogP contribution >= 0.6 is 0 Å². The van der Waals surface area contributed by atoms with Crippen molar-refractivity contribution in [3.8, 4) is 0 Å². The standard InChI is InChI=1S/C15H19NO2/c1-12-4-3-9-16(12)11-14-6-2-5-13(10-14)7-8-15(17)18/h2,5-8,10,12H,3-4,9,11H2,1H3,(H,17,18)/b8-7+. The average molecular weight is 245 g/mol. The number of hydrogen-bond donors (Lipinski definition) is 1. The van der Waals surface area contributed by atoms with Crippen LogP contribution in [0.15, 0.2) is 30.3 Å². The fourth-order valence-corrected chi connectivity index (χ4v) is 2.42. The molecule has 1 heterocycles. The van der Waals surface area contributed by atoms with Gasteiger partial charge < -0.3 is 5.11 Å². The Morgan fingerprint density at radius 3 is 3.06 bits per heavy atom. The zero-order valence-electron chi connectivity index (χ0n) is 10.7. The summed E-state index contributed by atoms with van der Waals surface area (Å²) in [7, 11) is 0. The van der Waals surface area contributed by atoms with Gasteiger partial charge in [0.25, 0.3) is 0 Å². The van der Waals surface area contributed by atoms with Crippen molar-refractivity contribution in [3.63, 3.8) is 0 Å². The maximum absolute atomic E-state index is 10.5. The van der Waals surface area contributed by atoms with Gasteiger partial charge in [0.05, 0.1) is 0 Å². The lowest BCUT2D eigenvalue weighted by atomic mass is 10.1. The van der Waals surface area contributed by atoms with Crippen molar-refractivity contribution in [2.24, 2.45) is 0 Å². The molecule has 1 aromatic carbocycles. The predicted molar refractivity (Wildman–Crippen MR) is 72.2 cm³/mol. The van der Waals surface area contributed by atoms with Crippen LogP contribution in [0, 0.1) is 0 Å². The monoisotopic (exact) mass is 245 g/mol. The summed E-state index contributed by atoms with van der Waals surface area (Å²) in [5, 5.41) is 8.61. The fourth-order valence-electron chi connectivity index (χ4n) is 2.42. The van der Waals surface area contributed by atoms with Gasteiger partial charge in [-0.05, 0) is 43.5 Å². The van der Waals surface area contributed by atoms with E-state index in [1.54, 1.807) is 6.08 Å². The van der Waals surface area contributed by atoms with Crippen molar-refractivity contribution in [2.45, 2.75) is 32.4 Å². The fraction of sp³-hybridized carbons (Fsp3) is 0.400. The van der Waals surface area contributed by atoms with Crippen molar-refractivity contribution < 1.29 is 9.90 Å². The number of carboxylic acid groups (broad SMARTS) is 1.